The molecule has 0 aromatic carbocycles. The van der Waals surface area contributed by atoms with Gasteiger partial charge in [-0.25, -0.2) is 4.79 Å². The van der Waals surface area contributed by atoms with Crippen LogP contribution in [-0.2, 0) is 4.74 Å². The van der Waals surface area contributed by atoms with Gasteiger partial charge in [0.1, 0.15) is 24.4 Å². The number of nitrogens with one attached hydrogen (secondary N) is 1. The molecule has 2 rings (SSSR count). The molecule has 102 valence electrons. The third-order valence-electron chi connectivity index (χ3n) is 2.88. The first-order chi connectivity index (χ1) is 8.95. The highest BCUT2D eigenvalue weighted by Gasteiger charge is 2.46. The summed E-state index contributed by atoms with van der Waals surface area (Å²) in [6.45, 7) is 0. The maximum Gasteiger partial charge on any atom is 0.330 e. The normalized spacial score (nSPS) is 31.9. The molecular formula is C11H12N2O6. The molecule has 1 fully saturated rings. The Morgan fingerprint density at radius 2 is 2.11 bits per heavy atom. The molecule has 0 aliphatic carbocycles. The topological polar surface area (TPSA) is 125 Å². The summed E-state index contributed by atoms with van der Waals surface area (Å²) >= 11 is 0. The van der Waals surface area contributed by atoms with Crippen molar-refractivity contribution in [2.24, 2.45) is 0 Å². The first-order valence-electron chi connectivity index (χ1n) is 5.43. The number of ether oxygens (including phenoxy) is 1. The number of nitrogens with zero attached hydrogens (tertiary/aromatic N) is 1. The molecule has 1 saturated heterocycles. The van der Waals surface area contributed by atoms with E-state index in [9.17, 15) is 24.9 Å². The van der Waals surface area contributed by atoms with E-state index in [1.54, 1.807) is 0 Å². The fraction of sp³-hybridized carbons (Fsp3) is 0.455. The van der Waals surface area contributed by atoms with E-state index in [0.29, 0.717) is 0 Å². The summed E-state index contributed by atoms with van der Waals surface area (Å²) in [6, 6.07) is 1.06. The van der Waals surface area contributed by atoms with Crippen LogP contribution in [0.25, 0.3) is 0 Å². The molecule has 0 spiro atoms. The molecule has 19 heavy (non-hydrogen) atoms. The first kappa shape index (κ1) is 13.5. The van der Waals surface area contributed by atoms with Crippen LogP contribution in [0.3, 0.4) is 0 Å². The second-order valence-corrected chi connectivity index (χ2v) is 4.10. The number of rotatable bonds is 2. The van der Waals surface area contributed by atoms with Gasteiger partial charge in [-0.15, -0.1) is 6.42 Å². The lowest BCUT2D eigenvalue weighted by molar-refractivity contribution is -0.0704. The van der Waals surface area contributed by atoms with Crippen LogP contribution >= 0.6 is 0 Å². The second kappa shape index (κ2) is 4.99. The molecule has 1 aliphatic rings. The molecule has 1 aromatic rings. The Labute approximate surface area is 106 Å². The highest BCUT2D eigenvalue weighted by atomic mass is 16.6. The Morgan fingerprint density at radius 3 is 2.68 bits per heavy atom. The molecule has 0 saturated carbocycles. The van der Waals surface area contributed by atoms with Crippen molar-refractivity contribution in [2.75, 3.05) is 0 Å². The minimum absolute atomic E-state index is 0.602. The Hall–Kier alpha value is -1.92. The van der Waals surface area contributed by atoms with Crippen molar-refractivity contribution in [3.05, 3.63) is 33.1 Å². The minimum atomic E-state index is -1.46. The van der Waals surface area contributed by atoms with Gasteiger partial charge in [-0.1, -0.05) is 5.92 Å². The van der Waals surface area contributed by atoms with Gasteiger partial charge in [-0.05, 0) is 0 Å². The van der Waals surface area contributed by atoms with Crippen LogP contribution in [0.4, 0.5) is 0 Å². The summed E-state index contributed by atoms with van der Waals surface area (Å²) < 4.78 is 6.10. The number of aliphatic hydroxyl groups is 3. The summed E-state index contributed by atoms with van der Waals surface area (Å²) in [5, 5.41) is 29.0. The molecular weight excluding hydrogens is 256 g/mol. The van der Waals surface area contributed by atoms with E-state index in [1.165, 1.54) is 0 Å². The number of hydrogen-bond donors (Lipinski definition) is 4. The standard InChI is InChI=1S/C11H12N2O6/c1-2-5(14)9-7(16)8(17)10(19-9)13-4-3-6(15)12-11(13)18/h1,3-5,7-10,14,16-17H,(H,12,15,18)/t5?,7-,8+,9+,10+/m0/s1. The van der Waals surface area contributed by atoms with Gasteiger partial charge >= 0.3 is 5.69 Å². The van der Waals surface area contributed by atoms with E-state index in [0.717, 1.165) is 16.8 Å². The van der Waals surface area contributed by atoms with E-state index < -0.39 is 41.9 Å². The Bertz CT molecular complexity index is 615. The second-order valence-electron chi connectivity index (χ2n) is 4.10. The van der Waals surface area contributed by atoms with E-state index in [-0.39, 0.29) is 0 Å². The highest BCUT2D eigenvalue weighted by Crippen LogP contribution is 2.29. The van der Waals surface area contributed by atoms with Gasteiger partial charge in [0, 0.05) is 12.3 Å². The van der Waals surface area contributed by atoms with Crippen LogP contribution in [0.5, 0.6) is 0 Å². The van der Waals surface area contributed by atoms with Crippen molar-refractivity contribution in [3.63, 3.8) is 0 Å². The van der Waals surface area contributed by atoms with Crippen LogP contribution in [0.1, 0.15) is 6.23 Å². The van der Waals surface area contributed by atoms with Gasteiger partial charge in [0.25, 0.3) is 5.56 Å². The molecule has 1 unspecified atom stereocenters. The fourth-order valence-corrected chi connectivity index (χ4v) is 1.90. The number of hydrogen-bond acceptors (Lipinski definition) is 6. The zero-order valence-electron chi connectivity index (χ0n) is 9.63. The summed E-state index contributed by atoms with van der Waals surface area (Å²) in [4.78, 5) is 24.5. The van der Waals surface area contributed by atoms with Crippen molar-refractivity contribution in [2.45, 2.75) is 30.6 Å². The molecule has 5 atom stereocenters. The SMILES string of the molecule is C#CC(O)[C@H]1O[C@@H](n2ccc(=O)[nH]c2=O)[C@H](O)[C@@H]1O. The summed E-state index contributed by atoms with van der Waals surface area (Å²) in [5.41, 5.74) is -1.41. The average molecular weight is 268 g/mol. The molecule has 1 aliphatic heterocycles. The van der Waals surface area contributed by atoms with Crippen molar-refractivity contribution in [1.82, 2.24) is 9.55 Å². The summed E-state index contributed by atoms with van der Waals surface area (Å²) in [5.74, 6) is 1.97. The van der Waals surface area contributed by atoms with Gasteiger partial charge in [0.2, 0.25) is 0 Å². The molecule has 1 aromatic heterocycles. The Kier molecular flexibility index (Phi) is 3.55. The summed E-state index contributed by atoms with van der Waals surface area (Å²) in [6.07, 6.45) is -0.673. The van der Waals surface area contributed by atoms with E-state index >= 15 is 0 Å². The highest BCUT2D eigenvalue weighted by molar-refractivity contribution is 5.05. The van der Waals surface area contributed by atoms with Crippen LogP contribution in [0, 0.1) is 12.3 Å². The lowest BCUT2D eigenvalue weighted by Gasteiger charge is -2.17. The van der Waals surface area contributed by atoms with Gasteiger partial charge in [-0.2, -0.15) is 0 Å². The predicted molar refractivity (Wildman–Crippen MR) is 62.1 cm³/mol. The number of terminal acetylenes is 1. The summed E-state index contributed by atoms with van der Waals surface area (Å²) in [7, 11) is 0. The van der Waals surface area contributed by atoms with Gasteiger partial charge in [-0.3, -0.25) is 14.3 Å². The number of H-pyrrole nitrogens is 1. The predicted octanol–water partition coefficient (Wildman–Crippen LogP) is -2.85. The molecule has 8 nitrogen and oxygen atoms in total. The monoisotopic (exact) mass is 268 g/mol. The lowest BCUT2D eigenvalue weighted by Crippen LogP contribution is -2.39. The smallest absolute Gasteiger partial charge is 0.330 e. The van der Waals surface area contributed by atoms with E-state index in [1.807, 2.05) is 10.9 Å². The third-order valence-corrected chi connectivity index (χ3v) is 2.88. The number of aromatic nitrogens is 2. The molecule has 0 amide bonds. The number of aliphatic hydroxyl groups excluding tert-OH is 3. The van der Waals surface area contributed by atoms with E-state index in [2.05, 4.69) is 0 Å². The van der Waals surface area contributed by atoms with E-state index in [4.69, 9.17) is 11.2 Å². The van der Waals surface area contributed by atoms with Crippen LogP contribution in [0.15, 0.2) is 21.9 Å². The van der Waals surface area contributed by atoms with Crippen molar-refractivity contribution >= 4 is 0 Å². The molecule has 0 bridgehead atoms. The number of aromatic amines is 1. The van der Waals surface area contributed by atoms with Gasteiger partial charge in [0.05, 0.1) is 0 Å². The third kappa shape index (κ3) is 2.32. The van der Waals surface area contributed by atoms with Crippen molar-refractivity contribution in [1.29, 1.82) is 0 Å². The lowest BCUT2D eigenvalue weighted by atomic mass is 10.1. The van der Waals surface area contributed by atoms with Crippen molar-refractivity contribution in [3.8, 4) is 12.3 Å². The maximum absolute atomic E-state index is 11.6. The zero-order valence-corrected chi connectivity index (χ0v) is 9.63. The first-order valence-corrected chi connectivity index (χ1v) is 5.43. The minimum Gasteiger partial charge on any atom is -0.387 e. The Morgan fingerprint density at radius 1 is 1.42 bits per heavy atom. The quantitative estimate of drug-likeness (QED) is 0.428. The zero-order chi connectivity index (χ0) is 14.2. The molecule has 4 N–H and O–H groups in total. The molecule has 2 heterocycles. The van der Waals surface area contributed by atoms with Crippen LogP contribution in [-0.4, -0.2) is 49.3 Å². The van der Waals surface area contributed by atoms with Crippen LogP contribution in [0.2, 0.25) is 0 Å². The van der Waals surface area contributed by atoms with Gasteiger partial charge < -0.3 is 20.1 Å². The largest absolute Gasteiger partial charge is 0.387 e. The van der Waals surface area contributed by atoms with Crippen molar-refractivity contribution < 1.29 is 20.1 Å². The van der Waals surface area contributed by atoms with Gasteiger partial charge in [0.15, 0.2) is 6.23 Å². The Balaban J connectivity index is 2.35. The fourth-order valence-electron chi connectivity index (χ4n) is 1.90. The maximum atomic E-state index is 11.6. The average Bonchev–Trinajstić information content (AvgIpc) is 2.66. The van der Waals surface area contributed by atoms with Crippen LogP contribution < -0.4 is 11.2 Å². The molecule has 0 radical (unpaired) electrons. The molecule has 8 heteroatoms.